The lowest BCUT2D eigenvalue weighted by molar-refractivity contribution is -0.854. The van der Waals surface area contributed by atoms with Crippen molar-refractivity contribution in [1.82, 2.24) is 0 Å². The van der Waals surface area contributed by atoms with Crippen molar-refractivity contribution in [3.05, 3.63) is 70.9 Å². The second-order valence-corrected chi connectivity index (χ2v) is 8.00. The Bertz CT molecular complexity index is 1330. The molecule has 6 heteroatoms. The summed E-state index contributed by atoms with van der Waals surface area (Å²) in [7, 11) is 4.73. The average Bonchev–Trinajstić information content (AvgIpc) is 2.65. The number of fused-ring (bicyclic) bond motifs is 4. The van der Waals surface area contributed by atoms with Gasteiger partial charge in [-0.2, -0.15) is 8.96 Å². The average molecular weight is 393 g/mol. The normalized spacial score (nSPS) is 12.9. The van der Waals surface area contributed by atoms with Crippen LogP contribution in [0.1, 0.15) is 5.56 Å². The summed E-state index contributed by atoms with van der Waals surface area (Å²) in [6.45, 7) is 0.0174. The minimum Gasteiger partial charge on any atom is -0.633 e. The zero-order valence-electron chi connectivity index (χ0n) is 16.3. The van der Waals surface area contributed by atoms with E-state index in [1.165, 1.54) is 26.2 Å². The molecule has 0 bridgehead atoms. The van der Waals surface area contributed by atoms with E-state index in [2.05, 4.69) is 0 Å². The Hall–Kier alpha value is -3.09. The highest BCUT2D eigenvalue weighted by atomic mass is 19.1. The first-order valence-electron chi connectivity index (χ1n) is 9.32. The number of benzene rings is 3. The number of halogens is 2. The summed E-state index contributed by atoms with van der Waals surface area (Å²) in [6.07, 6.45) is 0. The Morgan fingerprint density at radius 3 is 2.55 bits per heavy atom. The topological polar surface area (TPSA) is 36.2 Å². The lowest BCUT2D eigenvalue weighted by Crippen LogP contribution is -2.35. The third-order valence-electron chi connectivity index (χ3n) is 5.39. The zero-order valence-corrected chi connectivity index (χ0v) is 16.3. The second kappa shape index (κ2) is 5.95. The summed E-state index contributed by atoms with van der Waals surface area (Å²) in [6, 6.07) is 13.5. The maximum Gasteiger partial charge on any atom is 0.250 e. The predicted molar refractivity (Wildman–Crippen MR) is 107 cm³/mol. The molecule has 3 aromatic carbocycles. The number of hydroxylamine groups is 3. The quantitative estimate of drug-likeness (QED) is 0.184. The largest absolute Gasteiger partial charge is 0.633 e. The number of hydrogen-bond donors (Lipinski definition) is 0. The highest BCUT2D eigenvalue weighted by molar-refractivity contribution is 6.12. The SMILES string of the molecule is C[n+]1c2c3c(cccc3c3ccc(C[N+](C)(C)[O-])c(F)c31)Oc1ccc(F)cc1-2. The molecule has 5 rings (SSSR count). The van der Waals surface area contributed by atoms with E-state index in [1.807, 2.05) is 24.3 Å². The zero-order chi connectivity index (χ0) is 20.5. The molecule has 0 aliphatic carbocycles. The lowest BCUT2D eigenvalue weighted by Gasteiger charge is -2.33. The van der Waals surface area contributed by atoms with Gasteiger partial charge in [0, 0.05) is 10.9 Å². The molecule has 0 unspecified atom stereocenters. The van der Waals surface area contributed by atoms with Crippen LogP contribution in [0.2, 0.25) is 0 Å². The van der Waals surface area contributed by atoms with Crippen LogP contribution in [0, 0.1) is 16.8 Å². The Balaban J connectivity index is 1.95. The maximum atomic E-state index is 15.6. The van der Waals surface area contributed by atoms with Gasteiger partial charge < -0.3 is 14.6 Å². The first-order valence-corrected chi connectivity index (χ1v) is 9.32. The number of nitrogens with zero attached hydrogens (tertiary/aromatic N) is 2. The number of quaternary nitrogens is 1. The molecule has 0 saturated carbocycles. The Morgan fingerprint density at radius 2 is 1.79 bits per heavy atom. The van der Waals surface area contributed by atoms with Gasteiger partial charge in [0.1, 0.15) is 30.9 Å². The van der Waals surface area contributed by atoms with Crippen molar-refractivity contribution in [2.75, 3.05) is 14.1 Å². The monoisotopic (exact) mass is 393 g/mol. The molecule has 2 heterocycles. The Labute approximate surface area is 166 Å². The molecule has 0 amide bonds. The fourth-order valence-electron chi connectivity index (χ4n) is 4.26. The fraction of sp³-hybridized carbons (Fsp3) is 0.174. The standard InChI is InChI=1S/C23H19F2N2O2/c1-26-22-17-11-14(24)8-10-18(17)29-19-6-4-5-15(20(19)22)16-9-7-13(12-27(2,3)28)21(25)23(16)26/h4-11H,12H2,1-3H3/q+1. The lowest BCUT2D eigenvalue weighted by atomic mass is 9.95. The van der Waals surface area contributed by atoms with Crippen LogP contribution in [-0.4, -0.2) is 18.7 Å². The van der Waals surface area contributed by atoms with Crippen LogP contribution in [0.25, 0.3) is 32.9 Å². The Kier molecular flexibility index (Phi) is 3.69. The van der Waals surface area contributed by atoms with E-state index in [9.17, 15) is 9.60 Å². The summed E-state index contributed by atoms with van der Waals surface area (Å²) in [5, 5.41) is 14.5. The van der Waals surface area contributed by atoms with Crippen molar-refractivity contribution in [2.45, 2.75) is 6.54 Å². The molecule has 1 aromatic heterocycles. The minimum atomic E-state index is -0.626. The Morgan fingerprint density at radius 1 is 1.00 bits per heavy atom. The van der Waals surface area contributed by atoms with Crippen LogP contribution < -0.4 is 9.30 Å². The molecule has 0 N–H and O–H groups in total. The van der Waals surface area contributed by atoms with Gasteiger partial charge in [-0.15, -0.1) is 0 Å². The van der Waals surface area contributed by atoms with E-state index >= 15 is 4.39 Å². The first kappa shape index (κ1) is 18.0. The smallest absolute Gasteiger partial charge is 0.250 e. The van der Waals surface area contributed by atoms with Crippen LogP contribution in [0.5, 0.6) is 11.5 Å². The van der Waals surface area contributed by atoms with Crippen LogP contribution in [0.15, 0.2) is 48.5 Å². The molecule has 0 spiro atoms. The summed E-state index contributed by atoms with van der Waals surface area (Å²) in [4.78, 5) is 0. The fourth-order valence-corrected chi connectivity index (χ4v) is 4.26. The molecule has 0 saturated heterocycles. The number of rotatable bonds is 2. The molecule has 146 valence electrons. The molecule has 1 aliphatic rings. The van der Waals surface area contributed by atoms with Crippen molar-refractivity contribution in [1.29, 1.82) is 0 Å². The van der Waals surface area contributed by atoms with Crippen molar-refractivity contribution in [2.24, 2.45) is 7.05 Å². The van der Waals surface area contributed by atoms with Gasteiger partial charge in [-0.3, -0.25) is 0 Å². The molecule has 29 heavy (non-hydrogen) atoms. The van der Waals surface area contributed by atoms with E-state index in [0.717, 1.165) is 10.8 Å². The number of aryl methyl sites for hydroxylation is 1. The molecule has 4 aromatic rings. The van der Waals surface area contributed by atoms with Gasteiger partial charge in [-0.25, -0.2) is 4.39 Å². The molecule has 4 nitrogen and oxygen atoms in total. The molecule has 0 radical (unpaired) electrons. The number of pyridine rings is 1. The van der Waals surface area contributed by atoms with Gasteiger partial charge in [-0.1, -0.05) is 12.1 Å². The highest BCUT2D eigenvalue weighted by Gasteiger charge is 2.32. The third-order valence-corrected chi connectivity index (χ3v) is 5.39. The minimum absolute atomic E-state index is 0.0174. The molecule has 0 fully saturated rings. The van der Waals surface area contributed by atoms with E-state index < -0.39 is 10.5 Å². The van der Waals surface area contributed by atoms with Crippen LogP contribution in [-0.2, 0) is 13.6 Å². The molecular formula is C23H19F2N2O2+. The van der Waals surface area contributed by atoms with Crippen molar-refractivity contribution >= 4 is 21.7 Å². The summed E-state index contributed by atoms with van der Waals surface area (Å²) >= 11 is 0. The predicted octanol–water partition coefficient (Wildman–Crippen LogP) is 4.94. The van der Waals surface area contributed by atoms with Crippen LogP contribution in [0.4, 0.5) is 8.78 Å². The van der Waals surface area contributed by atoms with E-state index in [0.29, 0.717) is 39.2 Å². The molecular weight excluding hydrogens is 374 g/mol. The first-order chi connectivity index (χ1) is 13.7. The number of ether oxygens (including phenoxy) is 1. The van der Waals surface area contributed by atoms with E-state index in [1.54, 1.807) is 23.7 Å². The van der Waals surface area contributed by atoms with Gasteiger partial charge in [-0.05, 0) is 36.4 Å². The number of aromatic nitrogens is 1. The van der Waals surface area contributed by atoms with Crippen molar-refractivity contribution in [3.8, 4) is 22.8 Å². The summed E-state index contributed by atoms with van der Waals surface area (Å²) < 4.78 is 36.8. The second-order valence-electron chi connectivity index (χ2n) is 8.00. The van der Waals surface area contributed by atoms with Crippen LogP contribution in [0.3, 0.4) is 0 Å². The van der Waals surface area contributed by atoms with Crippen molar-refractivity contribution in [3.63, 3.8) is 0 Å². The molecule has 0 atom stereocenters. The van der Waals surface area contributed by atoms with Gasteiger partial charge >= 0.3 is 0 Å². The van der Waals surface area contributed by atoms with Gasteiger partial charge in [0.15, 0.2) is 0 Å². The van der Waals surface area contributed by atoms with Crippen molar-refractivity contribution < 1.29 is 22.7 Å². The molecule has 1 aliphatic heterocycles. The summed E-state index contributed by atoms with van der Waals surface area (Å²) in [5.74, 6) is 0.353. The van der Waals surface area contributed by atoms with Gasteiger partial charge in [0.2, 0.25) is 17.0 Å². The third kappa shape index (κ3) is 2.68. The maximum absolute atomic E-state index is 15.6. The van der Waals surface area contributed by atoms with E-state index in [-0.39, 0.29) is 12.4 Å². The van der Waals surface area contributed by atoms with E-state index in [4.69, 9.17) is 4.74 Å². The summed E-state index contributed by atoms with van der Waals surface area (Å²) in [5.41, 5.74) is 1.99. The van der Waals surface area contributed by atoms with Gasteiger partial charge in [0.05, 0.1) is 30.4 Å². The van der Waals surface area contributed by atoms with Gasteiger partial charge in [0.25, 0.3) is 0 Å². The number of hydrogen-bond acceptors (Lipinski definition) is 2. The highest BCUT2D eigenvalue weighted by Crippen LogP contribution is 2.46. The van der Waals surface area contributed by atoms with Crippen LogP contribution >= 0.6 is 0 Å².